The van der Waals surface area contributed by atoms with Crippen LogP contribution >= 0.6 is 0 Å². The van der Waals surface area contributed by atoms with Crippen molar-refractivity contribution in [2.75, 3.05) is 7.11 Å². The minimum absolute atomic E-state index is 0.174. The first kappa shape index (κ1) is 14.2. The second kappa shape index (κ2) is 5.67. The first-order valence-electron chi connectivity index (χ1n) is 5.75. The lowest BCUT2D eigenvalue weighted by molar-refractivity contribution is -0.133. The fraction of sp³-hybridized carbons (Fsp3) is 0.429. The highest BCUT2D eigenvalue weighted by Crippen LogP contribution is 2.11. The van der Waals surface area contributed by atoms with Gasteiger partial charge in [-0.25, -0.2) is 4.79 Å². The number of esters is 1. The number of oxime groups is 1. The smallest absolute Gasteiger partial charge is 0.360 e. The van der Waals surface area contributed by atoms with Crippen molar-refractivity contribution in [1.82, 2.24) is 0 Å². The lowest BCUT2D eigenvalue weighted by Crippen LogP contribution is -2.22. The lowest BCUT2D eigenvalue weighted by Gasteiger charge is -2.16. The van der Waals surface area contributed by atoms with Crippen LogP contribution in [0.15, 0.2) is 29.4 Å². The summed E-state index contributed by atoms with van der Waals surface area (Å²) in [5.74, 6) is -0.511. The Kier molecular flexibility index (Phi) is 4.48. The summed E-state index contributed by atoms with van der Waals surface area (Å²) in [6.07, 6.45) is 0. The highest BCUT2D eigenvalue weighted by Gasteiger charge is 2.18. The molecular formula is C14H19NO3. The minimum atomic E-state index is -0.511. The van der Waals surface area contributed by atoms with Crippen LogP contribution in [-0.2, 0) is 14.4 Å². The monoisotopic (exact) mass is 249 g/mol. The van der Waals surface area contributed by atoms with Crippen molar-refractivity contribution in [2.45, 2.75) is 33.3 Å². The Hall–Kier alpha value is -1.84. The number of aryl methyl sites for hydroxylation is 1. The average molecular weight is 249 g/mol. The number of hydrogen-bond acceptors (Lipinski definition) is 4. The van der Waals surface area contributed by atoms with Crippen molar-refractivity contribution in [3.63, 3.8) is 0 Å². The quantitative estimate of drug-likeness (QED) is 0.470. The molecule has 0 saturated carbocycles. The maximum absolute atomic E-state index is 11.7. The summed E-state index contributed by atoms with van der Waals surface area (Å²) >= 11 is 0. The SMILES string of the molecule is COC(=O)C(=NOC(C)(C)C)c1ccc(C)cc1. The molecule has 98 valence electrons. The second-order valence-corrected chi connectivity index (χ2v) is 5.00. The lowest BCUT2D eigenvalue weighted by atomic mass is 10.1. The Labute approximate surface area is 108 Å². The predicted molar refractivity (Wildman–Crippen MR) is 70.6 cm³/mol. The van der Waals surface area contributed by atoms with Crippen LogP contribution in [0.5, 0.6) is 0 Å². The van der Waals surface area contributed by atoms with E-state index in [-0.39, 0.29) is 5.71 Å². The van der Waals surface area contributed by atoms with Crippen LogP contribution in [0.25, 0.3) is 0 Å². The van der Waals surface area contributed by atoms with E-state index in [0.717, 1.165) is 5.56 Å². The fourth-order valence-corrected chi connectivity index (χ4v) is 1.20. The zero-order valence-corrected chi connectivity index (χ0v) is 11.5. The third-order valence-corrected chi connectivity index (χ3v) is 2.11. The van der Waals surface area contributed by atoms with Crippen molar-refractivity contribution in [3.8, 4) is 0 Å². The van der Waals surface area contributed by atoms with Crippen molar-refractivity contribution in [3.05, 3.63) is 35.4 Å². The van der Waals surface area contributed by atoms with Gasteiger partial charge in [0, 0.05) is 5.56 Å². The molecule has 4 nitrogen and oxygen atoms in total. The minimum Gasteiger partial charge on any atom is -0.464 e. The zero-order chi connectivity index (χ0) is 13.8. The van der Waals surface area contributed by atoms with Crippen LogP contribution in [0.2, 0.25) is 0 Å². The molecule has 0 aliphatic carbocycles. The van der Waals surface area contributed by atoms with Gasteiger partial charge in [0.2, 0.25) is 0 Å². The van der Waals surface area contributed by atoms with Gasteiger partial charge in [-0.2, -0.15) is 0 Å². The molecule has 0 aromatic heterocycles. The molecule has 1 aromatic rings. The van der Waals surface area contributed by atoms with Gasteiger partial charge in [-0.15, -0.1) is 0 Å². The zero-order valence-electron chi connectivity index (χ0n) is 11.5. The Bertz CT molecular complexity index is 441. The van der Waals surface area contributed by atoms with Crippen molar-refractivity contribution < 1.29 is 14.4 Å². The van der Waals surface area contributed by atoms with Crippen molar-refractivity contribution in [1.29, 1.82) is 0 Å². The van der Waals surface area contributed by atoms with E-state index in [1.54, 1.807) is 0 Å². The summed E-state index contributed by atoms with van der Waals surface area (Å²) < 4.78 is 4.71. The van der Waals surface area contributed by atoms with Gasteiger partial charge in [0.15, 0.2) is 5.71 Å². The number of hydrogen-bond donors (Lipinski definition) is 0. The van der Waals surface area contributed by atoms with E-state index in [9.17, 15) is 4.79 Å². The molecule has 0 N–H and O–H groups in total. The van der Waals surface area contributed by atoms with E-state index in [1.165, 1.54) is 7.11 Å². The van der Waals surface area contributed by atoms with Crippen LogP contribution in [0.3, 0.4) is 0 Å². The Morgan fingerprint density at radius 2 is 1.72 bits per heavy atom. The average Bonchev–Trinajstić information content (AvgIpc) is 2.29. The molecule has 0 saturated heterocycles. The highest BCUT2D eigenvalue weighted by molar-refractivity contribution is 6.43. The van der Waals surface area contributed by atoms with E-state index < -0.39 is 11.6 Å². The normalized spacial score (nSPS) is 12.2. The van der Waals surface area contributed by atoms with Crippen LogP contribution in [0, 0.1) is 6.92 Å². The molecular weight excluding hydrogens is 230 g/mol. The van der Waals surface area contributed by atoms with Gasteiger partial charge in [0.1, 0.15) is 5.60 Å². The molecule has 18 heavy (non-hydrogen) atoms. The van der Waals surface area contributed by atoms with Gasteiger partial charge < -0.3 is 9.57 Å². The first-order chi connectivity index (χ1) is 8.33. The molecule has 0 bridgehead atoms. The molecule has 0 heterocycles. The van der Waals surface area contributed by atoms with Crippen molar-refractivity contribution >= 4 is 11.7 Å². The van der Waals surface area contributed by atoms with E-state index in [4.69, 9.17) is 9.57 Å². The molecule has 0 radical (unpaired) electrons. The summed E-state index contributed by atoms with van der Waals surface area (Å²) in [6.45, 7) is 7.56. The van der Waals surface area contributed by atoms with E-state index in [0.29, 0.717) is 5.56 Å². The Balaban J connectivity index is 3.06. The number of rotatable bonds is 3. The summed E-state index contributed by atoms with van der Waals surface area (Å²) in [5.41, 5.74) is 1.51. The standard InChI is InChI=1S/C14H19NO3/c1-10-6-8-11(9-7-10)12(13(16)17-5)15-18-14(2,3)4/h6-9H,1-5H3. The number of methoxy groups -OCH3 is 1. The summed E-state index contributed by atoms with van der Waals surface area (Å²) in [4.78, 5) is 17.0. The van der Waals surface area contributed by atoms with Crippen molar-refractivity contribution in [2.24, 2.45) is 5.16 Å². The van der Waals surface area contributed by atoms with Crippen LogP contribution in [0.4, 0.5) is 0 Å². The molecule has 0 atom stereocenters. The van der Waals surface area contributed by atoms with E-state index in [1.807, 2.05) is 52.0 Å². The van der Waals surface area contributed by atoms with E-state index in [2.05, 4.69) is 5.16 Å². The molecule has 4 heteroatoms. The molecule has 0 spiro atoms. The number of carbonyl (C=O) groups excluding carboxylic acids is 1. The third kappa shape index (κ3) is 4.20. The molecule has 1 aromatic carbocycles. The number of ether oxygens (including phenoxy) is 1. The fourth-order valence-electron chi connectivity index (χ4n) is 1.20. The molecule has 0 aliphatic rings. The molecule has 0 aliphatic heterocycles. The topological polar surface area (TPSA) is 47.9 Å². The highest BCUT2D eigenvalue weighted by atomic mass is 16.6. The molecule has 1 rings (SSSR count). The van der Waals surface area contributed by atoms with Crippen LogP contribution in [-0.4, -0.2) is 24.4 Å². The van der Waals surface area contributed by atoms with Crippen LogP contribution in [0.1, 0.15) is 31.9 Å². The van der Waals surface area contributed by atoms with Gasteiger partial charge in [0.05, 0.1) is 7.11 Å². The summed E-state index contributed by atoms with van der Waals surface area (Å²) in [7, 11) is 1.32. The predicted octanol–water partition coefficient (Wildman–Crippen LogP) is 2.69. The van der Waals surface area contributed by atoms with Gasteiger partial charge in [-0.3, -0.25) is 0 Å². The first-order valence-corrected chi connectivity index (χ1v) is 5.75. The second-order valence-electron chi connectivity index (χ2n) is 5.00. The van der Waals surface area contributed by atoms with Gasteiger partial charge in [-0.05, 0) is 27.7 Å². The largest absolute Gasteiger partial charge is 0.464 e. The Morgan fingerprint density at radius 3 is 2.17 bits per heavy atom. The van der Waals surface area contributed by atoms with Gasteiger partial charge >= 0.3 is 5.97 Å². The van der Waals surface area contributed by atoms with Crippen LogP contribution < -0.4 is 0 Å². The molecule has 0 fully saturated rings. The maximum Gasteiger partial charge on any atom is 0.360 e. The number of benzene rings is 1. The maximum atomic E-state index is 11.7. The summed E-state index contributed by atoms with van der Waals surface area (Å²) in [6, 6.07) is 7.45. The Morgan fingerprint density at radius 1 is 1.17 bits per heavy atom. The number of nitrogens with zero attached hydrogens (tertiary/aromatic N) is 1. The third-order valence-electron chi connectivity index (χ3n) is 2.11. The molecule has 0 amide bonds. The van der Waals surface area contributed by atoms with Gasteiger partial charge in [-0.1, -0.05) is 35.0 Å². The molecule has 0 unspecified atom stereocenters. The summed E-state index contributed by atoms with van der Waals surface area (Å²) in [5, 5.41) is 3.91. The van der Waals surface area contributed by atoms with Gasteiger partial charge in [0.25, 0.3) is 0 Å². The number of carbonyl (C=O) groups is 1. The van der Waals surface area contributed by atoms with E-state index >= 15 is 0 Å².